The zero-order chi connectivity index (χ0) is 32.1. The summed E-state index contributed by atoms with van der Waals surface area (Å²) in [5.74, 6) is 1.26. The molecule has 6 rings (SSSR count). The van der Waals surface area contributed by atoms with Crippen LogP contribution < -0.4 is 0 Å². The van der Waals surface area contributed by atoms with Crippen LogP contribution in [0.25, 0.3) is 44.0 Å². The van der Waals surface area contributed by atoms with Crippen LogP contribution >= 0.6 is 0 Å². The maximum absolute atomic E-state index is 11.7. The predicted octanol–water partition coefficient (Wildman–Crippen LogP) is 11.7. The zero-order valence-electron chi connectivity index (χ0n) is 28.2. The number of aliphatic hydroxyl groups excluding tert-OH is 1. The molecule has 0 aliphatic heterocycles. The van der Waals surface area contributed by atoms with Gasteiger partial charge in [0.2, 0.25) is 0 Å². The van der Waals surface area contributed by atoms with Gasteiger partial charge >= 0.3 is 0 Å². The van der Waals surface area contributed by atoms with Gasteiger partial charge in [0.05, 0.1) is 11.3 Å². The fourth-order valence-corrected chi connectivity index (χ4v) is 6.91. The van der Waals surface area contributed by atoms with Crippen molar-refractivity contribution in [3.63, 3.8) is 0 Å². The fraction of sp³-hybridized carbons (Fsp3) is 0.415. The summed E-state index contributed by atoms with van der Waals surface area (Å²) < 4.78 is 6.36. The molecule has 0 saturated heterocycles. The Morgan fingerprint density at radius 1 is 0.913 bits per heavy atom. The number of allylic oxidation sites excluding steroid dienone is 2. The van der Waals surface area contributed by atoms with Crippen molar-refractivity contribution in [2.24, 2.45) is 11.8 Å². The van der Waals surface area contributed by atoms with Crippen LogP contribution in [0.2, 0.25) is 0 Å². The second-order valence-corrected chi connectivity index (χ2v) is 12.8. The van der Waals surface area contributed by atoms with Gasteiger partial charge in [-0.1, -0.05) is 88.7 Å². The van der Waals surface area contributed by atoms with Crippen LogP contribution in [-0.4, -0.2) is 15.9 Å². The van der Waals surface area contributed by atoms with Crippen molar-refractivity contribution < 1.29 is 34.4 Å². The number of benzene rings is 3. The molecule has 0 unspecified atom stereocenters. The Bertz CT molecular complexity index is 1820. The van der Waals surface area contributed by atoms with Gasteiger partial charge in [0, 0.05) is 49.6 Å². The summed E-state index contributed by atoms with van der Waals surface area (Å²) in [7, 11) is 0. The molecular formula is C41H48IrNO3-. The van der Waals surface area contributed by atoms with E-state index in [2.05, 4.69) is 68.4 Å². The van der Waals surface area contributed by atoms with Crippen LogP contribution in [0.4, 0.5) is 0 Å². The van der Waals surface area contributed by atoms with Gasteiger partial charge in [-0.15, -0.1) is 17.7 Å². The maximum Gasteiger partial charge on any atom is 0.162 e. The number of hydrogen-bond acceptors (Lipinski definition) is 4. The van der Waals surface area contributed by atoms with E-state index in [1.165, 1.54) is 53.7 Å². The summed E-state index contributed by atoms with van der Waals surface area (Å²) in [6, 6.07) is 21.2. The van der Waals surface area contributed by atoms with Crippen LogP contribution in [0.15, 0.2) is 71.0 Å². The number of aliphatic hydroxyl groups is 1. The molecule has 2 aromatic heterocycles. The first-order chi connectivity index (χ1) is 21.8. The number of fused-ring (bicyclic) bond motifs is 4. The number of rotatable bonds is 9. The van der Waals surface area contributed by atoms with E-state index in [9.17, 15) is 9.90 Å². The van der Waals surface area contributed by atoms with E-state index in [-0.39, 0.29) is 43.5 Å². The molecule has 0 bridgehead atoms. The summed E-state index contributed by atoms with van der Waals surface area (Å²) >= 11 is 0. The first-order valence-electron chi connectivity index (χ1n) is 17.0. The second-order valence-electron chi connectivity index (χ2n) is 12.8. The number of nitrogens with zero attached hydrogens (tertiary/aromatic N) is 1. The zero-order valence-corrected chi connectivity index (χ0v) is 30.6. The fourth-order valence-electron chi connectivity index (χ4n) is 6.91. The van der Waals surface area contributed by atoms with E-state index in [1.54, 1.807) is 0 Å². The van der Waals surface area contributed by atoms with Gasteiger partial charge in [0.15, 0.2) is 5.78 Å². The molecule has 1 fully saturated rings. The third-order valence-electron chi connectivity index (χ3n) is 9.73. The Morgan fingerprint density at radius 2 is 1.59 bits per heavy atom. The van der Waals surface area contributed by atoms with Gasteiger partial charge in [-0.2, -0.15) is 0 Å². The Morgan fingerprint density at radius 3 is 2.26 bits per heavy atom. The first-order valence-corrected chi connectivity index (χ1v) is 17.0. The standard InChI is InChI=1S/C28H24NO.C13H24O2.Ir/c1-17-7-9-23-24-13-18(2)14-25(28(24)30-26(23)15-17)27-22-10-8-20(19-5-3-4-6-19)16-21(22)11-12-29-27;1-5-10(6-2)12(14)9-13(15)11(7-3)8-4;/h7-13,15-16,19H,3-6H2,1-2H3;9-11,14H,5-8H2,1-4H3;/q-1;;/b;12-9-;. The van der Waals surface area contributed by atoms with Crippen LogP contribution in [0.1, 0.15) is 102 Å². The first kappa shape index (κ1) is 35.6. The molecule has 1 N–H and O–H groups in total. The molecule has 4 nitrogen and oxygen atoms in total. The Balaban J connectivity index is 0.000000259. The van der Waals surface area contributed by atoms with Gasteiger partial charge in [-0.3, -0.25) is 4.79 Å². The van der Waals surface area contributed by atoms with E-state index >= 15 is 0 Å². The normalized spacial score (nSPS) is 13.9. The molecule has 1 aliphatic rings. The van der Waals surface area contributed by atoms with Crippen molar-refractivity contribution in [1.29, 1.82) is 0 Å². The molecule has 0 atom stereocenters. The van der Waals surface area contributed by atoms with Crippen LogP contribution in [-0.2, 0) is 24.9 Å². The molecule has 0 amide bonds. The average Bonchev–Trinajstić information content (AvgIpc) is 3.70. The van der Waals surface area contributed by atoms with E-state index in [4.69, 9.17) is 9.40 Å². The number of hydrogen-bond donors (Lipinski definition) is 1. The molecule has 3 aromatic carbocycles. The van der Waals surface area contributed by atoms with Crippen molar-refractivity contribution in [2.75, 3.05) is 0 Å². The minimum atomic E-state index is 0. The van der Waals surface area contributed by atoms with Gasteiger partial charge < -0.3 is 14.5 Å². The smallest absolute Gasteiger partial charge is 0.162 e. The minimum absolute atomic E-state index is 0. The number of carbonyl (C=O) groups is 1. The monoisotopic (exact) mass is 795 g/mol. The van der Waals surface area contributed by atoms with Crippen LogP contribution in [0, 0.1) is 31.7 Å². The van der Waals surface area contributed by atoms with Gasteiger partial charge in [-0.25, -0.2) is 0 Å². The van der Waals surface area contributed by atoms with E-state index < -0.39 is 0 Å². The second kappa shape index (κ2) is 16.0. The SMILES string of the molecule is CCC(CC)C(=O)/C=C(\O)C(CC)CC.Cc1[c-]c(-c2nccc3cc(C4CCCC4)ccc23)c2oc3cc(C)ccc3c2c1.[Ir]. The van der Waals surface area contributed by atoms with E-state index in [0.717, 1.165) is 64.4 Å². The minimum Gasteiger partial charge on any atom is -0.512 e. The number of furan rings is 1. The number of aromatic nitrogens is 1. The van der Waals surface area contributed by atoms with Crippen LogP contribution in [0.5, 0.6) is 0 Å². The summed E-state index contributed by atoms with van der Waals surface area (Å²) in [6.07, 6.45) is 12.2. The molecule has 0 spiro atoms. The van der Waals surface area contributed by atoms with Crippen molar-refractivity contribution in [2.45, 2.75) is 98.8 Å². The molecular weight excluding hydrogens is 747 g/mol. The molecule has 5 heteroatoms. The molecule has 1 radical (unpaired) electrons. The number of ketones is 1. The Kier molecular flexibility index (Phi) is 12.4. The summed E-state index contributed by atoms with van der Waals surface area (Å²) in [6.45, 7) is 12.3. The third kappa shape index (κ3) is 7.64. The van der Waals surface area contributed by atoms with Crippen LogP contribution in [0.3, 0.4) is 0 Å². The summed E-state index contributed by atoms with van der Waals surface area (Å²) in [4.78, 5) is 16.5. The quantitative estimate of drug-likeness (QED) is 0.0917. The maximum atomic E-state index is 11.7. The predicted molar refractivity (Wildman–Crippen MR) is 188 cm³/mol. The van der Waals surface area contributed by atoms with E-state index in [1.807, 2.05) is 33.9 Å². The molecule has 245 valence electrons. The van der Waals surface area contributed by atoms with Crippen molar-refractivity contribution in [1.82, 2.24) is 4.98 Å². The van der Waals surface area contributed by atoms with Gasteiger partial charge in [0.1, 0.15) is 5.58 Å². The van der Waals surface area contributed by atoms with Crippen molar-refractivity contribution in [3.8, 4) is 11.3 Å². The average molecular weight is 795 g/mol. The largest absolute Gasteiger partial charge is 0.512 e. The number of carbonyl (C=O) groups excluding carboxylic acids is 1. The van der Waals surface area contributed by atoms with Crippen molar-refractivity contribution in [3.05, 3.63) is 89.3 Å². The molecule has 1 saturated carbocycles. The van der Waals surface area contributed by atoms with Gasteiger partial charge in [-0.05, 0) is 91.1 Å². The van der Waals surface area contributed by atoms with E-state index in [0.29, 0.717) is 5.92 Å². The summed E-state index contributed by atoms with van der Waals surface area (Å²) in [5.41, 5.74) is 7.48. The molecule has 46 heavy (non-hydrogen) atoms. The Hall–Kier alpha value is -3.27. The third-order valence-corrected chi connectivity index (χ3v) is 9.73. The molecule has 2 heterocycles. The molecule has 1 aliphatic carbocycles. The van der Waals surface area contributed by atoms with Gasteiger partial charge in [0.25, 0.3) is 0 Å². The summed E-state index contributed by atoms with van der Waals surface area (Å²) in [5, 5.41) is 14.5. The molecule has 5 aromatic rings. The van der Waals surface area contributed by atoms with Crippen molar-refractivity contribution >= 4 is 38.5 Å². The Labute approximate surface area is 288 Å². The number of aryl methyl sites for hydroxylation is 2. The number of pyridine rings is 1. The topological polar surface area (TPSA) is 63.3 Å².